The lowest BCUT2D eigenvalue weighted by Crippen LogP contribution is -2.29. The fraction of sp³-hybridized carbons (Fsp3) is 0.154. The minimum atomic E-state index is -0.562. The topological polar surface area (TPSA) is 111 Å². The fourth-order valence-electron chi connectivity index (χ4n) is 2.27. The molecule has 0 saturated heterocycles. The number of rotatable bonds is 3. The van der Waals surface area contributed by atoms with Gasteiger partial charge in [0.25, 0.3) is 5.56 Å². The Hall–Kier alpha value is -2.94. The first kappa shape index (κ1) is 14.0. The van der Waals surface area contributed by atoms with Gasteiger partial charge in [-0.1, -0.05) is 12.1 Å². The van der Waals surface area contributed by atoms with Crippen molar-refractivity contribution in [2.45, 2.75) is 6.54 Å². The molecule has 22 heavy (non-hydrogen) atoms. The van der Waals surface area contributed by atoms with Gasteiger partial charge < -0.3 is 0 Å². The van der Waals surface area contributed by atoms with Gasteiger partial charge in [0.15, 0.2) is 11.2 Å². The largest absolute Gasteiger partial charge is 0.329 e. The third-order valence-corrected chi connectivity index (χ3v) is 3.39. The number of nitrogen functional groups attached to an aromatic ring is 1. The quantitative estimate of drug-likeness (QED) is 0.462. The molecule has 0 unspecified atom stereocenters. The number of imidazole rings is 1. The maximum absolute atomic E-state index is 13.0. The summed E-state index contributed by atoms with van der Waals surface area (Å²) < 4.78 is 15.7. The average Bonchev–Trinajstić information content (AvgIpc) is 2.86. The molecule has 0 amide bonds. The zero-order valence-corrected chi connectivity index (χ0v) is 11.6. The van der Waals surface area contributed by atoms with Crippen molar-refractivity contribution < 1.29 is 4.39 Å². The highest BCUT2D eigenvalue weighted by molar-refractivity contribution is 5.74. The third kappa shape index (κ3) is 2.17. The van der Waals surface area contributed by atoms with Crippen molar-refractivity contribution in [1.29, 1.82) is 0 Å². The molecule has 8 nitrogen and oxygen atoms in total. The summed E-state index contributed by atoms with van der Waals surface area (Å²) in [5.74, 6) is 5.31. The summed E-state index contributed by atoms with van der Waals surface area (Å²) in [5.41, 5.74) is 2.45. The molecule has 114 valence electrons. The number of aryl methyl sites for hydroxylation is 1. The second-order valence-corrected chi connectivity index (χ2v) is 4.78. The first-order chi connectivity index (χ1) is 10.5. The summed E-state index contributed by atoms with van der Waals surface area (Å²) >= 11 is 0. The molecule has 3 rings (SSSR count). The minimum Gasteiger partial charge on any atom is -0.299 e. The molecule has 9 heteroatoms. The number of halogens is 1. The van der Waals surface area contributed by atoms with Crippen molar-refractivity contribution in [3.05, 3.63) is 56.5 Å². The lowest BCUT2D eigenvalue weighted by Gasteiger charge is -2.08. The molecule has 0 aliphatic rings. The van der Waals surface area contributed by atoms with Crippen LogP contribution < -0.4 is 22.5 Å². The van der Waals surface area contributed by atoms with Gasteiger partial charge in [0.05, 0.1) is 6.54 Å². The number of fused-ring (bicyclic) bond motifs is 1. The van der Waals surface area contributed by atoms with E-state index in [0.29, 0.717) is 0 Å². The molecule has 2 aromatic heterocycles. The Kier molecular flexibility index (Phi) is 3.26. The van der Waals surface area contributed by atoms with Gasteiger partial charge in [-0.2, -0.15) is 4.98 Å². The second kappa shape index (κ2) is 5.11. The smallest absolute Gasteiger partial charge is 0.299 e. The van der Waals surface area contributed by atoms with Gasteiger partial charge in [-0.3, -0.25) is 24.3 Å². The average molecular weight is 304 g/mol. The highest BCUT2D eigenvalue weighted by atomic mass is 19.1. The van der Waals surface area contributed by atoms with Crippen LogP contribution >= 0.6 is 0 Å². The summed E-state index contributed by atoms with van der Waals surface area (Å²) in [5, 5.41) is 0. The van der Waals surface area contributed by atoms with Crippen molar-refractivity contribution >= 4 is 17.1 Å². The van der Waals surface area contributed by atoms with Crippen LogP contribution in [0.5, 0.6) is 0 Å². The molecule has 0 radical (unpaired) electrons. The Balaban J connectivity index is 2.24. The lowest BCUT2D eigenvalue weighted by atomic mass is 10.2. The summed E-state index contributed by atoms with van der Waals surface area (Å²) in [6.45, 7) is 0.248. The van der Waals surface area contributed by atoms with Gasteiger partial charge in [0, 0.05) is 7.05 Å². The number of aromatic amines is 1. The van der Waals surface area contributed by atoms with Crippen molar-refractivity contribution in [2.24, 2.45) is 12.9 Å². The molecule has 0 bridgehead atoms. The van der Waals surface area contributed by atoms with Crippen LogP contribution in [-0.4, -0.2) is 19.1 Å². The molecule has 1 aromatic carbocycles. The Morgan fingerprint density at radius 3 is 2.64 bits per heavy atom. The SMILES string of the molecule is Cn1c(=O)[nH]c(=O)c2c1nc(NN)n2Cc1ccc(F)cc1. The van der Waals surface area contributed by atoms with Crippen LogP contribution in [0.25, 0.3) is 11.2 Å². The predicted molar refractivity (Wildman–Crippen MR) is 78.9 cm³/mol. The molecule has 0 atom stereocenters. The predicted octanol–water partition coefficient (Wildman–Crippen LogP) is -0.104. The fourth-order valence-corrected chi connectivity index (χ4v) is 2.27. The number of nitrogens with zero attached hydrogens (tertiary/aromatic N) is 3. The molecule has 2 heterocycles. The first-order valence-corrected chi connectivity index (χ1v) is 6.42. The molecule has 0 spiro atoms. The van der Waals surface area contributed by atoms with Crippen molar-refractivity contribution in [3.8, 4) is 0 Å². The highest BCUT2D eigenvalue weighted by Crippen LogP contribution is 2.16. The van der Waals surface area contributed by atoms with E-state index < -0.39 is 11.2 Å². The zero-order valence-electron chi connectivity index (χ0n) is 11.6. The number of hydrazine groups is 1. The van der Waals surface area contributed by atoms with Crippen molar-refractivity contribution in [1.82, 2.24) is 19.1 Å². The Morgan fingerprint density at radius 1 is 1.32 bits per heavy atom. The van der Waals surface area contributed by atoms with E-state index in [2.05, 4.69) is 15.4 Å². The summed E-state index contributed by atoms with van der Waals surface area (Å²) in [6.07, 6.45) is 0. The molecular weight excluding hydrogens is 291 g/mol. The normalized spacial score (nSPS) is 11.0. The van der Waals surface area contributed by atoms with E-state index in [9.17, 15) is 14.0 Å². The molecule has 0 saturated carbocycles. The van der Waals surface area contributed by atoms with Gasteiger partial charge in [0.1, 0.15) is 5.82 Å². The molecule has 0 aliphatic carbocycles. The molecule has 0 fully saturated rings. The minimum absolute atomic E-state index is 0.208. The Bertz CT molecular complexity index is 954. The van der Waals surface area contributed by atoms with E-state index in [1.165, 1.54) is 28.3 Å². The number of benzene rings is 1. The standard InChI is InChI=1S/C13H13FN6O2/c1-19-10-9(11(21)17-13(19)22)20(12(16-10)18-15)6-7-2-4-8(14)5-3-7/h2-5H,6,15H2,1H3,(H,16,18)(H,17,21,22). The van der Waals surface area contributed by atoms with E-state index in [-0.39, 0.29) is 29.5 Å². The molecule has 3 aromatic rings. The summed E-state index contributed by atoms with van der Waals surface area (Å²) in [7, 11) is 1.50. The molecule has 4 N–H and O–H groups in total. The van der Waals surface area contributed by atoms with E-state index in [4.69, 9.17) is 5.84 Å². The van der Waals surface area contributed by atoms with Crippen LogP contribution in [0.15, 0.2) is 33.9 Å². The van der Waals surface area contributed by atoms with Crippen LogP contribution in [0.4, 0.5) is 10.3 Å². The van der Waals surface area contributed by atoms with Crippen molar-refractivity contribution in [2.75, 3.05) is 5.43 Å². The van der Waals surface area contributed by atoms with E-state index in [1.54, 1.807) is 12.1 Å². The maximum atomic E-state index is 13.0. The number of nitrogens with two attached hydrogens (primary N) is 1. The Labute approximate surface area is 123 Å². The summed E-state index contributed by atoms with van der Waals surface area (Å²) in [4.78, 5) is 30.1. The number of aromatic nitrogens is 4. The van der Waals surface area contributed by atoms with Crippen LogP contribution in [0.1, 0.15) is 5.56 Å². The maximum Gasteiger partial charge on any atom is 0.329 e. The van der Waals surface area contributed by atoms with Crippen LogP contribution in [0.2, 0.25) is 0 Å². The molecule has 0 aliphatic heterocycles. The number of hydrogen-bond donors (Lipinski definition) is 3. The number of anilines is 1. The lowest BCUT2D eigenvalue weighted by molar-refractivity contribution is 0.626. The van der Waals surface area contributed by atoms with Gasteiger partial charge in [0.2, 0.25) is 5.95 Å². The zero-order chi connectivity index (χ0) is 15.9. The summed E-state index contributed by atoms with van der Waals surface area (Å²) in [6, 6.07) is 5.84. The van der Waals surface area contributed by atoms with E-state index in [1.807, 2.05) is 0 Å². The third-order valence-electron chi connectivity index (χ3n) is 3.39. The van der Waals surface area contributed by atoms with Crippen LogP contribution in [0, 0.1) is 5.82 Å². The van der Waals surface area contributed by atoms with Gasteiger partial charge >= 0.3 is 5.69 Å². The highest BCUT2D eigenvalue weighted by Gasteiger charge is 2.16. The van der Waals surface area contributed by atoms with E-state index in [0.717, 1.165) is 5.56 Å². The van der Waals surface area contributed by atoms with Crippen molar-refractivity contribution in [3.63, 3.8) is 0 Å². The van der Waals surface area contributed by atoms with Gasteiger partial charge in [-0.15, -0.1) is 0 Å². The second-order valence-electron chi connectivity index (χ2n) is 4.78. The van der Waals surface area contributed by atoms with E-state index >= 15 is 0 Å². The Morgan fingerprint density at radius 2 is 2.00 bits per heavy atom. The number of H-pyrrole nitrogens is 1. The van der Waals surface area contributed by atoms with Crippen LogP contribution in [-0.2, 0) is 13.6 Å². The molecular formula is C13H13FN6O2. The number of hydrogen-bond acceptors (Lipinski definition) is 5. The monoisotopic (exact) mass is 304 g/mol. The first-order valence-electron chi connectivity index (χ1n) is 6.42. The van der Waals surface area contributed by atoms with Crippen LogP contribution in [0.3, 0.4) is 0 Å². The number of nitrogens with one attached hydrogen (secondary N) is 2. The van der Waals surface area contributed by atoms with Gasteiger partial charge in [-0.25, -0.2) is 15.0 Å². The van der Waals surface area contributed by atoms with Gasteiger partial charge in [-0.05, 0) is 17.7 Å².